The van der Waals surface area contributed by atoms with Gasteiger partial charge in [-0.05, 0) is 26.0 Å². The Hall–Kier alpha value is -1.06. The molecule has 1 rings (SSSR count). The van der Waals surface area contributed by atoms with Crippen molar-refractivity contribution in [1.29, 1.82) is 0 Å². The Balaban J connectivity index is 0. The molecule has 0 aliphatic carbocycles. The van der Waals surface area contributed by atoms with Gasteiger partial charge >= 0.3 is 0 Å². The first-order chi connectivity index (χ1) is 8.60. The van der Waals surface area contributed by atoms with E-state index in [1.165, 1.54) is 0 Å². The number of benzene rings is 1. The van der Waals surface area contributed by atoms with E-state index in [2.05, 4.69) is 4.74 Å². The van der Waals surface area contributed by atoms with Gasteiger partial charge in [-0.25, -0.2) is 0 Å². The minimum absolute atomic E-state index is 0.530. The topological polar surface area (TPSA) is 35.5 Å². The number of hydrogen-bond donors (Lipinski definition) is 0. The van der Waals surface area contributed by atoms with Crippen LogP contribution in [-0.2, 0) is 4.74 Å². The smallest absolute Gasteiger partial charge is 0.150 e. The van der Waals surface area contributed by atoms with Crippen LogP contribution in [-0.4, -0.2) is 27.1 Å². The summed E-state index contributed by atoms with van der Waals surface area (Å²) < 4.78 is 9.57. The van der Waals surface area contributed by atoms with Crippen molar-refractivity contribution in [3.8, 4) is 5.75 Å². The molecule has 104 valence electrons. The Morgan fingerprint density at radius 1 is 1.28 bits per heavy atom. The third-order valence-electron chi connectivity index (χ3n) is 1.96. The molecular weight excluding hydrogens is 252 g/mol. The van der Waals surface area contributed by atoms with Gasteiger partial charge in [-0.1, -0.05) is 25.4 Å². The lowest BCUT2D eigenvalue weighted by molar-refractivity contribution is 0.112. The van der Waals surface area contributed by atoms with E-state index >= 15 is 0 Å². The van der Waals surface area contributed by atoms with Gasteiger partial charge in [-0.3, -0.25) is 4.79 Å². The molecular formula is C14H23ClO3. The normalized spacial score (nSPS) is 8.39. The summed E-state index contributed by atoms with van der Waals surface area (Å²) >= 11 is 5.84. The van der Waals surface area contributed by atoms with Crippen molar-refractivity contribution in [2.24, 2.45) is 0 Å². The summed E-state index contributed by atoms with van der Waals surface area (Å²) in [6, 6.07) is 3.28. The van der Waals surface area contributed by atoms with Crippen molar-refractivity contribution in [2.75, 3.05) is 20.8 Å². The molecule has 0 N–H and O–H groups in total. The van der Waals surface area contributed by atoms with Crippen molar-refractivity contribution in [2.45, 2.75) is 27.7 Å². The second-order valence-corrected chi connectivity index (χ2v) is 3.43. The van der Waals surface area contributed by atoms with Crippen molar-refractivity contribution >= 4 is 17.9 Å². The monoisotopic (exact) mass is 274 g/mol. The van der Waals surface area contributed by atoms with E-state index in [-0.39, 0.29) is 0 Å². The summed E-state index contributed by atoms with van der Waals surface area (Å²) in [5, 5.41) is 0.552. The molecule has 0 unspecified atom stereocenters. The van der Waals surface area contributed by atoms with Gasteiger partial charge in [0, 0.05) is 29.9 Å². The zero-order chi connectivity index (χ0) is 14.6. The summed E-state index contributed by atoms with van der Waals surface area (Å²) in [5.74, 6) is 0.643. The first-order valence-corrected chi connectivity index (χ1v) is 6.26. The number of halogens is 1. The highest BCUT2D eigenvalue weighted by molar-refractivity contribution is 6.31. The highest BCUT2D eigenvalue weighted by Crippen LogP contribution is 2.26. The standard InChI is InChI=1S/C9H9ClO2.C3H8O.C2H6/c1-6-8(10)3-7(5-11)4-9(6)12-2;1-3-4-2;1-2/h3-5H,1-2H3;3H2,1-2H3;1-2H3. The third kappa shape index (κ3) is 7.30. The van der Waals surface area contributed by atoms with Gasteiger partial charge in [0.05, 0.1) is 7.11 Å². The molecule has 1 aromatic carbocycles. The van der Waals surface area contributed by atoms with Crippen molar-refractivity contribution in [3.05, 3.63) is 28.3 Å². The van der Waals surface area contributed by atoms with E-state index in [0.717, 1.165) is 18.5 Å². The Morgan fingerprint density at radius 2 is 1.78 bits per heavy atom. The predicted molar refractivity (Wildman–Crippen MR) is 77.0 cm³/mol. The molecule has 0 saturated heterocycles. The summed E-state index contributed by atoms with van der Waals surface area (Å²) in [4.78, 5) is 10.4. The third-order valence-corrected chi connectivity index (χ3v) is 2.36. The van der Waals surface area contributed by atoms with Crippen LogP contribution in [0.5, 0.6) is 5.75 Å². The second kappa shape index (κ2) is 12.4. The minimum atomic E-state index is 0.530. The minimum Gasteiger partial charge on any atom is -0.496 e. The van der Waals surface area contributed by atoms with E-state index < -0.39 is 0 Å². The van der Waals surface area contributed by atoms with Crippen molar-refractivity contribution in [1.82, 2.24) is 0 Å². The molecule has 0 atom stereocenters. The lowest BCUT2D eigenvalue weighted by Crippen LogP contribution is -1.90. The number of hydrogen-bond acceptors (Lipinski definition) is 3. The molecule has 0 amide bonds. The van der Waals surface area contributed by atoms with Gasteiger partial charge in [0.15, 0.2) is 0 Å². The van der Waals surface area contributed by atoms with Gasteiger partial charge in [-0.2, -0.15) is 0 Å². The molecule has 0 aliphatic rings. The van der Waals surface area contributed by atoms with Crippen LogP contribution < -0.4 is 4.74 Å². The van der Waals surface area contributed by atoms with Crippen LogP contribution in [0.3, 0.4) is 0 Å². The largest absolute Gasteiger partial charge is 0.496 e. The maximum atomic E-state index is 10.4. The average Bonchev–Trinajstić information content (AvgIpc) is 2.44. The van der Waals surface area contributed by atoms with Gasteiger partial charge in [-0.15, -0.1) is 0 Å². The fraction of sp³-hybridized carbons (Fsp3) is 0.500. The zero-order valence-corrected chi connectivity index (χ0v) is 12.8. The van der Waals surface area contributed by atoms with Crippen LogP contribution in [0.15, 0.2) is 12.1 Å². The zero-order valence-electron chi connectivity index (χ0n) is 12.0. The van der Waals surface area contributed by atoms with Gasteiger partial charge < -0.3 is 9.47 Å². The molecule has 0 fully saturated rings. The first-order valence-electron chi connectivity index (χ1n) is 5.88. The summed E-state index contributed by atoms with van der Waals surface area (Å²) in [5.41, 5.74) is 1.38. The fourth-order valence-corrected chi connectivity index (χ4v) is 1.17. The number of ether oxygens (including phenoxy) is 2. The Kier molecular flexibility index (Phi) is 13.3. The van der Waals surface area contributed by atoms with Crippen LogP contribution in [0.1, 0.15) is 36.7 Å². The van der Waals surface area contributed by atoms with Crippen LogP contribution >= 0.6 is 11.6 Å². The van der Waals surface area contributed by atoms with Crippen molar-refractivity contribution < 1.29 is 14.3 Å². The second-order valence-electron chi connectivity index (χ2n) is 3.03. The fourth-order valence-electron chi connectivity index (χ4n) is 0.954. The number of methoxy groups -OCH3 is 2. The van der Waals surface area contributed by atoms with Crippen LogP contribution in [0, 0.1) is 6.92 Å². The predicted octanol–water partition coefficient (Wildman–Crippen LogP) is 4.15. The maximum absolute atomic E-state index is 10.4. The van der Waals surface area contributed by atoms with Crippen LogP contribution in [0.2, 0.25) is 5.02 Å². The molecule has 0 aromatic heterocycles. The average molecular weight is 275 g/mol. The highest BCUT2D eigenvalue weighted by Gasteiger charge is 2.04. The lowest BCUT2D eigenvalue weighted by Gasteiger charge is -2.06. The van der Waals surface area contributed by atoms with Crippen LogP contribution in [0.25, 0.3) is 0 Å². The Morgan fingerprint density at radius 3 is 2.11 bits per heavy atom. The summed E-state index contributed by atoms with van der Waals surface area (Å²) in [6.45, 7) is 8.62. The van der Waals surface area contributed by atoms with E-state index in [4.69, 9.17) is 16.3 Å². The molecule has 0 spiro atoms. The molecule has 4 heteroatoms. The molecule has 0 saturated carbocycles. The summed E-state index contributed by atoms with van der Waals surface area (Å²) in [6.07, 6.45) is 0.744. The quantitative estimate of drug-likeness (QED) is 0.777. The molecule has 0 heterocycles. The first kappa shape index (κ1) is 19.3. The molecule has 3 nitrogen and oxygen atoms in total. The Labute approximate surface area is 115 Å². The van der Waals surface area contributed by atoms with Gasteiger partial charge in [0.25, 0.3) is 0 Å². The summed E-state index contributed by atoms with van der Waals surface area (Å²) in [7, 11) is 3.23. The van der Waals surface area contributed by atoms with E-state index in [0.29, 0.717) is 16.3 Å². The van der Waals surface area contributed by atoms with E-state index in [9.17, 15) is 4.79 Å². The van der Waals surface area contributed by atoms with Gasteiger partial charge in [0.2, 0.25) is 0 Å². The SMILES string of the molecule is CC.CCOC.COc1cc(C=O)cc(Cl)c1C. The molecule has 0 radical (unpaired) electrons. The number of carbonyl (C=O) groups excluding carboxylic acids is 1. The molecule has 18 heavy (non-hydrogen) atoms. The lowest BCUT2D eigenvalue weighted by atomic mass is 10.1. The molecule has 1 aromatic rings. The van der Waals surface area contributed by atoms with E-state index in [1.54, 1.807) is 26.4 Å². The number of aldehydes is 1. The number of rotatable bonds is 3. The maximum Gasteiger partial charge on any atom is 0.150 e. The van der Waals surface area contributed by atoms with Crippen LogP contribution in [0.4, 0.5) is 0 Å². The van der Waals surface area contributed by atoms with Crippen molar-refractivity contribution in [3.63, 3.8) is 0 Å². The molecule has 0 bridgehead atoms. The Bertz CT molecular complexity index is 336. The van der Waals surface area contributed by atoms with Gasteiger partial charge in [0.1, 0.15) is 12.0 Å². The molecule has 0 aliphatic heterocycles. The highest BCUT2D eigenvalue weighted by atomic mass is 35.5. The number of carbonyl (C=O) groups is 1. The van der Waals surface area contributed by atoms with E-state index in [1.807, 2.05) is 27.7 Å².